The fraction of sp³-hybridized carbons (Fsp3) is 0.538. The molecule has 0 aliphatic carbocycles. The third kappa shape index (κ3) is 7.32. The van der Waals surface area contributed by atoms with Gasteiger partial charge in [0.25, 0.3) is 0 Å². The maximum absolute atomic E-state index is 12.0. The average Bonchev–Trinajstić information content (AvgIpc) is 2.35. The lowest BCUT2D eigenvalue weighted by molar-refractivity contribution is -0.0329. The molecule has 0 amide bonds. The Balaban J connectivity index is 2.39. The molecular weight excluding hydrogens is 275 g/mol. The molecule has 1 rings (SSSR count). The number of nitrogens with one attached hydrogen (secondary N) is 1. The number of alkyl halides is 3. The number of ether oxygens (including phenoxy) is 1. The van der Waals surface area contributed by atoms with Crippen molar-refractivity contribution in [2.24, 2.45) is 0 Å². The molecule has 2 nitrogen and oxygen atoms in total. The van der Waals surface area contributed by atoms with Crippen molar-refractivity contribution < 1.29 is 17.9 Å². The predicted octanol–water partition coefficient (Wildman–Crippen LogP) is 3.82. The number of halogens is 3. The number of hydrogen-bond donors (Lipinski definition) is 1. The van der Waals surface area contributed by atoms with Gasteiger partial charge in [0, 0.05) is 17.9 Å². The fourth-order valence-electron chi connectivity index (χ4n) is 1.50. The highest BCUT2D eigenvalue weighted by Gasteiger charge is 2.27. The number of rotatable bonds is 8. The van der Waals surface area contributed by atoms with Gasteiger partial charge < -0.3 is 10.1 Å². The van der Waals surface area contributed by atoms with Gasteiger partial charge in [-0.1, -0.05) is 25.1 Å². The first-order chi connectivity index (χ1) is 9.03. The molecule has 1 aromatic rings. The van der Waals surface area contributed by atoms with Crippen LogP contribution in [0.15, 0.2) is 24.3 Å². The minimum atomic E-state index is -4.19. The van der Waals surface area contributed by atoms with Crippen LogP contribution in [0.4, 0.5) is 13.2 Å². The molecule has 0 aromatic heterocycles. The summed E-state index contributed by atoms with van der Waals surface area (Å²) in [6.45, 7) is 3.69. The Morgan fingerprint density at radius 2 is 2.00 bits per heavy atom. The summed E-state index contributed by atoms with van der Waals surface area (Å²) >= 11 is -0.0605. The highest BCUT2D eigenvalue weighted by molar-refractivity contribution is 8.00. The molecule has 0 heterocycles. The van der Waals surface area contributed by atoms with Crippen molar-refractivity contribution in [3.63, 3.8) is 0 Å². The van der Waals surface area contributed by atoms with Crippen LogP contribution < -0.4 is 10.1 Å². The van der Waals surface area contributed by atoms with Crippen molar-refractivity contribution in [2.45, 2.75) is 25.4 Å². The Labute approximate surface area is 115 Å². The lowest BCUT2D eigenvalue weighted by Gasteiger charge is -2.12. The van der Waals surface area contributed by atoms with E-state index in [1.54, 1.807) is 6.07 Å². The Kier molecular flexibility index (Phi) is 7.09. The largest absolute Gasteiger partial charge is 0.492 e. The molecular formula is C13H18F3NOS. The lowest BCUT2D eigenvalue weighted by atomic mass is 10.2. The molecule has 19 heavy (non-hydrogen) atoms. The van der Waals surface area contributed by atoms with E-state index in [4.69, 9.17) is 4.74 Å². The minimum Gasteiger partial charge on any atom is -0.492 e. The van der Waals surface area contributed by atoms with Crippen LogP contribution in [0.1, 0.15) is 18.9 Å². The van der Waals surface area contributed by atoms with E-state index in [0.29, 0.717) is 12.3 Å². The minimum absolute atomic E-state index is 0.0506. The van der Waals surface area contributed by atoms with Gasteiger partial charge in [0.1, 0.15) is 5.75 Å². The van der Waals surface area contributed by atoms with Gasteiger partial charge in [-0.2, -0.15) is 13.2 Å². The molecule has 0 aliphatic rings. The number of benzene rings is 1. The van der Waals surface area contributed by atoms with E-state index < -0.39 is 5.51 Å². The van der Waals surface area contributed by atoms with Gasteiger partial charge in [-0.3, -0.25) is 0 Å². The monoisotopic (exact) mass is 293 g/mol. The molecule has 0 bridgehead atoms. The summed E-state index contributed by atoms with van der Waals surface area (Å²) in [6.07, 6.45) is 1.03. The topological polar surface area (TPSA) is 21.3 Å². The van der Waals surface area contributed by atoms with Crippen LogP contribution in [-0.2, 0) is 6.54 Å². The van der Waals surface area contributed by atoms with Crippen LogP contribution in [0.3, 0.4) is 0 Å². The Morgan fingerprint density at radius 1 is 1.26 bits per heavy atom. The van der Waals surface area contributed by atoms with E-state index >= 15 is 0 Å². The summed E-state index contributed by atoms with van der Waals surface area (Å²) in [4.78, 5) is 0. The molecule has 0 saturated carbocycles. The van der Waals surface area contributed by atoms with Crippen LogP contribution in [0.5, 0.6) is 5.75 Å². The van der Waals surface area contributed by atoms with Crippen molar-refractivity contribution in [2.75, 3.05) is 18.9 Å². The Bertz CT molecular complexity index is 371. The zero-order valence-corrected chi connectivity index (χ0v) is 11.6. The first-order valence-corrected chi connectivity index (χ1v) is 7.13. The van der Waals surface area contributed by atoms with Crippen molar-refractivity contribution >= 4 is 11.8 Å². The van der Waals surface area contributed by atoms with Gasteiger partial charge in [0.15, 0.2) is 0 Å². The van der Waals surface area contributed by atoms with Crippen molar-refractivity contribution in [3.05, 3.63) is 29.8 Å². The van der Waals surface area contributed by atoms with Crippen molar-refractivity contribution in [1.29, 1.82) is 0 Å². The van der Waals surface area contributed by atoms with Crippen LogP contribution >= 0.6 is 11.8 Å². The summed E-state index contributed by atoms with van der Waals surface area (Å²) in [5.41, 5.74) is -3.22. The second-order valence-electron chi connectivity index (χ2n) is 3.93. The van der Waals surface area contributed by atoms with Crippen molar-refractivity contribution in [3.8, 4) is 5.75 Å². The summed E-state index contributed by atoms with van der Waals surface area (Å²) in [5.74, 6) is 0.550. The summed E-state index contributed by atoms with van der Waals surface area (Å²) in [6, 6.07) is 7.39. The van der Waals surface area contributed by atoms with Gasteiger partial charge in [0.2, 0.25) is 0 Å². The molecule has 1 aromatic carbocycles. The van der Waals surface area contributed by atoms with Crippen LogP contribution in [-0.4, -0.2) is 24.4 Å². The second kappa shape index (κ2) is 8.32. The van der Waals surface area contributed by atoms with Crippen LogP contribution in [0, 0.1) is 0 Å². The van der Waals surface area contributed by atoms with E-state index in [1.807, 2.05) is 18.2 Å². The highest BCUT2D eigenvalue weighted by atomic mass is 32.2. The van der Waals surface area contributed by atoms with Gasteiger partial charge >= 0.3 is 5.51 Å². The highest BCUT2D eigenvalue weighted by Crippen LogP contribution is 2.30. The summed E-state index contributed by atoms with van der Waals surface area (Å²) < 4.78 is 41.3. The van der Waals surface area contributed by atoms with Crippen LogP contribution in [0.25, 0.3) is 0 Å². The van der Waals surface area contributed by atoms with Crippen molar-refractivity contribution in [1.82, 2.24) is 5.32 Å². The molecule has 1 N–H and O–H groups in total. The van der Waals surface area contributed by atoms with Gasteiger partial charge in [-0.25, -0.2) is 0 Å². The zero-order chi connectivity index (χ0) is 14.1. The molecule has 0 saturated heterocycles. The maximum atomic E-state index is 12.0. The number of hydrogen-bond acceptors (Lipinski definition) is 3. The number of para-hydroxylation sites is 1. The normalized spacial score (nSPS) is 11.6. The quantitative estimate of drug-likeness (QED) is 0.736. The zero-order valence-electron chi connectivity index (χ0n) is 10.8. The molecule has 0 aliphatic heterocycles. The van der Waals surface area contributed by atoms with E-state index in [9.17, 15) is 13.2 Å². The van der Waals surface area contributed by atoms with E-state index in [1.165, 1.54) is 0 Å². The molecule has 0 fully saturated rings. The molecule has 0 radical (unpaired) electrons. The Morgan fingerprint density at radius 3 is 2.68 bits per heavy atom. The standard InChI is InChI=1S/C13H18F3NOS/c1-2-7-17-10-11-5-3-4-6-12(11)18-8-9-19-13(14,15)16/h3-6,17H,2,7-10H2,1H3. The molecule has 0 unspecified atom stereocenters. The van der Waals surface area contributed by atoms with Gasteiger partial charge in [-0.15, -0.1) is 0 Å². The third-order valence-corrected chi connectivity index (χ3v) is 3.02. The molecule has 108 valence electrons. The van der Waals surface area contributed by atoms with E-state index in [-0.39, 0.29) is 24.1 Å². The lowest BCUT2D eigenvalue weighted by Crippen LogP contribution is -2.15. The van der Waals surface area contributed by atoms with Gasteiger partial charge in [0.05, 0.1) is 6.61 Å². The molecule has 0 atom stereocenters. The first kappa shape index (κ1) is 16.2. The summed E-state index contributed by atoms with van der Waals surface area (Å²) in [7, 11) is 0. The molecule has 6 heteroatoms. The average molecular weight is 293 g/mol. The van der Waals surface area contributed by atoms with E-state index in [2.05, 4.69) is 12.2 Å². The van der Waals surface area contributed by atoms with E-state index in [0.717, 1.165) is 18.5 Å². The first-order valence-electron chi connectivity index (χ1n) is 6.15. The molecule has 0 spiro atoms. The number of thioether (sulfide) groups is 1. The van der Waals surface area contributed by atoms with Gasteiger partial charge in [-0.05, 0) is 30.8 Å². The SMILES string of the molecule is CCCNCc1ccccc1OCCSC(F)(F)F. The fourth-order valence-corrected chi connectivity index (χ4v) is 1.90. The second-order valence-corrected chi connectivity index (χ2v) is 5.09. The third-order valence-electron chi connectivity index (χ3n) is 2.32. The maximum Gasteiger partial charge on any atom is 0.441 e. The Hall–Kier alpha value is -0.880. The predicted molar refractivity (Wildman–Crippen MR) is 72.4 cm³/mol. The summed E-state index contributed by atoms with van der Waals surface area (Å²) in [5, 5.41) is 3.24. The smallest absolute Gasteiger partial charge is 0.441 e. The van der Waals surface area contributed by atoms with Crippen LogP contribution in [0.2, 0.25) is 0 Å².